The molecule has 1 atom stereocenters. The van der Waals surface area contributed by atoms with Crippen molar-refractivity contribution in [3.8, 4) is 5.75 Å². The second-order valence-electron chi connectivity index (χ2n) is 7.42. The molecule has 0 saturated carbocycles. The van der Waals surface area contributed by atoms with Crippen LogP contribution >= 0.6 is 11.8 Å². The lowest BCUT2D eigenvalue weighted by Gasteiger charge is -2.23. The number of hydrogen-bond donors (Lipinski definition) is 1. The predicted molar refractivity (Wildman–Crippen MR) is 119 cm³/mol. The van der Waals surface area contributed by atoms with Crippen molar-refractivity contribution in [2.75, 3.05) is 24.1 Å². The van der Waals surface area contributed by atoms with E-state index in [0.29, 0.717) is 17.3 Å². The van der Waals surface area contributed by atoms with Gasteiger partial charge in [-0.2, -0.15) is 0 Å². The highest BCUT2D eigenvalue weighted by molar-refractivity contribution is 7.99. The van der Waals surface area contributed by atoms with E-state index in [1.165, 1.54) is 0 Å². The third kappa shape index (κ3) is 3.89. The number of methoxy groups -OCH3 is 1. The molecule has 4 rings (SSSR count). The van der Waals surface area contributed by atoms with Crippen LogP contribution in [0.4, 0.5) is 5.69 Å². The molecule has 0 bridgehead atoms. The molecule has 3 aromatic rings. The van der Waals surface area contributed by atoms with E-state index in [4.69, 9.17) is 9.15 Å². The van der Waals surface area contributed by atoms with E-state index < -0.39 is 6.04 Å². The number of carbonyl (C=O) groups excluding carboxylic acids is 2. The van der Waals surface area contributed by atoms with Gasteiger partial charge in [0, 0.05) is 22.4 Å². The average Bonchev–Trinajstić information content (AvgIpc) is 3.39. The van der Waals surface area contributed by atoms with E-state index in [-0.39, 0.29) is 18.2 Å². The van der Waals surface area contributed by atoms with E-state index in [1.807, 2.05) is 26.0 Å². The van der Waals surface area contributed by atoms with Crippen LogP contribution in [0.5, 0.6) is 5.75 Å². The van der Waals surface area contributed by atoms with Gasteiger partial charge in [-0.3, -0.25) is 9.59 Å². The number of benzene rings is 2. The predicted octanol–water partition coefficient (Wildman–Crippen LogP) is 4.14. The Kier molecular flexibility index (Phi) is 5.72. The van der Waals surface area contributed by atoms with Gasteiger partial charge in [0.25, 0.3) is 0 Å². The Balaban J connectivity index is 1.47. The molecule has 2 amide bonds. The summed E-state index contributed by atoms with van der Waals surface area (Å²) in [5.74, 6) is 1.56. The van der Waals surface area contributed by atoms with Crippen molar-refractivity contribution < 1.29 is 18.7 Å². The Morgan fingerprint density at radius 3 is 2.70 bits per heavy atom. The van der Waals surface area contributed by atoms with Crippen molar-refractivity contribution >= 4 is 40.2 Å². The van der Waals surface area contributed by atoms with Gasteiger partial charge in [0.15, 0.2) is 0 Å². The Bertz CT molecular complexity index is 1090. The Hall–Kier alpha value is -2.93. The topological polar surface area (TPSA) is 71.8 Å². The molecular weight excluding hydrogens is 400 g/mol. The summed E-state index contributed by atoms with van der Waals surface area (Å²) in [6.07, 6.45) is 1.87. The van der Waals surface area contributed by atoms with E-state index in [2.05, 4.69) is 5.32 Å². The summed E-state index contributed by atoms with van der Waals surface area (Å²) in [5, 5.41) is 3.86. The molecule has 1 aliphatic rings. The SMILES string of the molecule is COc1ccc(NC(=O)C2CSCN2C(=O)Cc2coc3c(C)c(C)ccc23)cc1. The van der Waals surface area contributed by atoms with Gasteiger partial charge in [-0.25, -0.2) is 0 Å². The quantitative estimate of drug-likeness (QED) is 0.666. The van der Waals surface area contributed by atoms with Crippen LogP contribution in [0.2, 0.25) is 0 Å². The van der Waals surface area contributed by atoms with Crippen LogP contribution in [-0.2, 0) is 16.0 Å². The highest BCUT2D eigenvalue weighted by atomic mass is 32.2. The van der Waals surface area contributed by atoms with Gasteiger partial charge < -0.3 is 19.4 Å². The smallest absolute Gasteiger partial charge is 0.248 e. The Labute approximate surface area is 179 Å². The fraction of sp³-hybridized carbons (Fsp3) is 0.304. The minimum atomic E-state index is -0.494. The third-order valence-corrected chi connectivity index (χ3v) is 6.56. The fourth-order valence-electron chi connectivity index (χ4n) is 3.60. The summed E-state index contributed by atoms with van der Waals surface area (Å²) < 4.78 is 10.9. The second-order valence-corrected chi connectivity index (χ2v) is 8.42. The van der Waals surface area contributed by atoms with E-state index >= 15 is 0 Å². The molecule has 30 heavy (non-hydrogen) atoms. The molecular formula is C23H24N2O4S. The molecule has 2 heterocycles. The lowest BCUT2D eigenvalue weighted by molar-refractivity contribution is -0.135. The van der Waals surface area contributed by atoms with Gasteiger partial charge in [-0.1, -0.05) is 12.1 Å². The van der Waals surface area contributed by atoms with Crippen molar-refractivity contribution in [1.82, 2.24) is 4.90 Å². The van der Waals surface area contributed by atoms with E-state index in [9.17, 15) is 9.59 Å². The molecule has 0 spiro atoms. The molecule has 1 aromatic heterocycles. The first-order chi connectivity index (χ1) is 14.5. The molecule has 156 valence electrons. The highest BCUT2D eigenvalue weighted by Gasteiger charge is 2.35. The van der Waals surface area contributed by atoms with Gasteiger partial charge in [0.05, 0.1) is 25.7 Å². The average molecular weight is 425 g/mol. The van der Waals surface area contributed by atoms with Crippen LogP contribution in [-0.4, -0.2) is 41.5 Å². The molecule has 1 aliphatic heterocycles. The maximum atomic E-state index is 13.0. The van der Waals surface area contributed by atoms with Crippen molar-refractivity contribution in [1.29, 1.82) is 0 Å². The molecule has 1 N–H and O–H groups in total. The minimum absolute atomic E-state index is 0.0733. The van der Waals surface area contributed by atoms with Crippen LogP contribution in [0.15, 0.2) is 47.1 Å². The molecule has 0 aliphatic carbocycles. The normalized spacial score (nSPS) is 16.1. The number of fused-ring (bicyclic) bond motifs is 1. The van der Waals surface area contributed by atoms with Crippen LogP contribution < -0.4 is 10.1 Å². The second kappa shape index (κ2) is 8.44. The number of aryl methyl sites for hydroxylation is 2. The number of nitrogens with one attached hydrogen (secondary N) is 1. The molecule has 2 aromatic carbocycles. The molecule has 6 nitrogen and oxygen atoms in total. The van der Waals surface area contributed by atoms with Crippen molar-refractivity contribution in [3.05, 3.63) is 59.4 Å². The van der Waals surface area contributed by atoms with Gasteiger partial charge in [0.2, 0.25) is 11.8 Å². The lowest BCUT2D eigenvalue weighted by Crippen LogP contribution is -2.45. The third-order valence-electron chi connectivity index (χ3n) is 5.55. The first-order valence-electron chi connectivity index (χ1n) is 9.76. The van der Waals surface area contributed by atoms with Gasteiger partial charge >= 0.3 is 0 Å². The first-order valence-corrected chi connectivity index (χ1v) is 10.9. The minimum Gasteiger partial charge on any atom is -0.497 e. The maximum absolute atomic E-state index is 13.0. The van der Waals surface area contributed by atoms with Crippen LogP contribution in [0, 0.1) is 13.8 Å². The molecule has 1 unspecified atom stereocenters. The number of hydrogen-bond acceptors (Lipinski definition) is 5. The maximum Gasteiger partial charge on any atom is 0.248 e. The number of amides is 2. The zero-order valence-electron chi connectivity index (χ0n) is 17.2. The fourth-order valence-corrected chi connectivity index (χ4v) is 4.78. The Morgan fingerprint density at radius 1 is 1.20 bits per heavy atom. The van der Waals surface area contributed by atoms with Crippen LogP contribution in [0.25, 0.3) is 11.0 Å². The van der Waals surface area contributed by atoms with Crippen LogP contribution in [0.3, 0.4) is 0 Å². The number of rotatable bonds is 5. The Morgan fingerprint density at radius 2 is 1.97 bits per heavy atom. The summed E-state index contributed by atoms with van der Waals surface area (Å²) in [5.41, 5.74) is 4.59. The molecule has 7 heteroatoms. The number of thioether (sulfide) groups is 1. The molecule has 1 fully saturated rings. The zero-order valence-corrected chi connectivity index (χ0v) is 18.0. The number of anilines is 1. The number of ether oxygens (including phenoxy) is 1. The molecule has 1 saturated heterocycles. The number of nitrogens with zero attached hydrogens (tertiary/aromatic N) is 1. The monoisotopic (exact) mass is 424 g/mol. The highest BCUT2D eigenvalue weighted by Crippen LogP contribution is 2.29. The van der Waals surface area contributed by atoms with Crippen LogP contribution in [0.1, 0.15) is 16.7 Å². The van der Waals surface area contributed by atoms with E-state index in [0.717, 1.165) is 33.4 Å². The largest absolute Gasteiger partial charge is 0.497 e. The summed E-state index contributed by atoms with van der Waals surface area (Å²) in [6, 6.07) is 10.7. The first kappa shape index (κ1) is 20.3. The van der Waals surface area contributed by atoms with Crippen molar-refractivity contribution in [3.63, 3.8) is 0 Å². The number of carbonyl (C=O) groups is 2. The van der Waals surface area contributed by atoms with Gasteiger partial charge in [-0.15, -0.1) is 11.8 Å². The summed E-state index contributed by atoms with van der Waals surface area (Å²) >= 11 is 1.59. The van der Waals surface area contributed by atoms with E-state index in [1.54, 1.807) is 54.3 Å². The lowest BCUT2D eigenvalue weighted by atomic mass is 10.0. The van der Waals surface area contributed by atoms with Gasteiger partial charge in [-0.05, 0) is 49.2 Å². The number of furan rings is 1. The van der Waals surface area contributed by atoms with Gasteiger partial charge in [0.1, 0.15) is 17.4 Å². The summed E-state index contributed by atoms with van der Waals surface area (Å²) in [4.78, 5) is 27.5. The van der Waals surface area contributed by atoms with Crippen molar-refractivity contribution in [2.24, 2.45) is 0 Å². The van der Waals surface area contributed by atoms with Crippen molar-refractivity contribution in [2.45, 2.75) is 26.3 Å². The summed E-state index contributed by atoms with van der Waals surface area (Å²) in [6.45, 7) is 4.05. The standard InChI is InChI=1S/C23H24N2O4S/c1-14-4-9-19-16(11-29-22(19)15(14)2)10-21(26)25-13-30-12-20(25)23(27)24-17-5-7-18(28-3)8-6-17/h4-9,11,20H,10,12-13H2,1-3H3,(H,24,27). The molecule has 0 radical (unpaired) electrons. The zero-order chi connectivity index (χ0) is 21.3. The summed E-state index contributed by atoms with van der Waals surface area (Å²) in [7, 11) is 1.60.